The molecule has 0 aliphatic rings. The van der Waals surface area contributed by atoms with Gasteiger partial charge in [0.05, 0.1) is 31.8 Å². The maximum Gasteiger partial charge on any atom is 0.258 e. The van der Waals surface area contributed by atoms with Crippen molar-refractivity contribution in [3.8, 4) is 11.5 Å². The zero-order chi connectivity index (χ0) is 20.5. The summed E-state index contributed by atoms with van der Waals surface area (Å²) in [6.45, 7) is 2.02. The second kappa shape index (κ2) is 10.2. The zero-order valence-corrected chi connectivity index (χ0v) is 16.4. The lowest BCUT2D eigenvalue weighted by Crippen LogP contribution is -2.31. The largest absolute Gasteiger partial charge is 0.497 e. The van der Waals surface area contributed by atoms with Crippen LogP contribution in [0.3, 0.4) is 0 Å². The summed E-state index contributed by atoms with van der Waals surface area (Å²) in [6.07, 6.45) is 3.19. The average molecular weight is 400 g/mol. The summed E-state index contributed by atoms with van der Waals surface area (Å²) in [5.74, 6) is 1.82. The topological polar surface area (TPSA) is 112 Å². The number of fused-ring (bicyclic) bond motifs is 1. The van der Waals surface area contributed by atoms with E-state index in [9.17, 15) is 4.79 Å². The molecule has 10 heteroatoms. The Morgan fingerprint density at radius 1 is 1.10 bits per heavy atom. The summed E-state index contributed by atoms with van der Waals surface area (Å²) in [5.41, 5.74) is 0.698. The van der Waals surface area contributed by atoms with Crippen molar-refractivity contribution in [2.24, 2.45) is 0 Å². The minimum atomic E-state index is -0.214. The van der Waals surface area contributed by atoms with E-state index in [-0.39, 0.29) is 12.5 Å². The molecule has 3 aromatic rings. The summed E-state index contributed by atoms with van der Waals surface area (Å²) in [5, 5.41) is 11.2. The second-order valence-electron chi connectivity index (χ2n) is 6.06. The molecule has 1 aromatic carbocycles. The molecule has 2 heterocycles. The zero-order valence-electron chi connectivity index (χ0n) is 16.4. The van der Waals surface area contributed by atoms with Gasteiger partial charge in [-0.15, -0.1) is 0 Å². The highest BCUT2D eigenvalue weighted by Crippen LogP contribution is 2.18. The normalized spacial score (nSPS) is 10.7. The van der Waals surface area contributed by atoms with E-state index in [0.29, 0.717) is 43.5 Å². The highest BCUT2D eigenvalue weighted by atomic mass is 16.5. The molecule has 0 radical (unpaired) electrons. The predicted molar refractivity (Wildman–Crippen MR) is 107 cm³/mol. The van der Waals surface area contributed by atoms with Gasteiger partial charge < -0.3 is 24.8 Å². The minimum Gasteiger partial charge on any atom is -0.497 e. The summed E-state index contributed by atoms with van der Waals surface area (Å²) in [4.78, 5) is 20.5. The van der Waals surface area contributed by atoms with Gasteiger partial charge >= 0.3 is 0 Å². The summed E-state index contributed by atoms with van der Waals surface area (Å²) in [7, 11) is 3.24. The lowest BCUT2D eigenvalue weighted by molar-refractivity contribution is -0.123. The monoisotopic (exact) mass is 400 g/mol. The van der Waals surface area contributed by atoms with Crippen molar-refractivity contribution >= 4 is 22.8 Å². The molecular formula is C19H24N6O4. The van der Waals surface area contributed by atoms with Gasteiger partial charge in [-0.1, -0.05) is 0 Å². The maximum atomic E-state index is 12.0. The molecule has 0 atom stereocenters. The fourth-order valence-corrected chi connectivity index (χ4v) is 2.64. The van der Waals surface area contributed by atoms with Crippen LogP contribution < -0.4 is 20.1 Å². The number of hydrogen-bond donors (Lipinski definition) is 2. The van der Waals surface area contributed by atoms with Crippen LogP contribution >= 0.6 is 0 Å². The van der Waals surface area contributed by atoms with E-state index in [0.717, 1.165) is 11.1 Å². The molecule has 154 valence electrons. The molecule has 0 aliphatic heterocycles. The Labute approximate surface area is 168 Å². The van der Waals surface area contributed by atoms with Crippen LogP contribution in [0.4, 0.5) is 5.82 Å². The number of benzene rings is 1. The van der Waals surface area contributed by atoms with Crippen LogP contribution in [-0.2, 0) is 16.1 Å². The van der Waals surface area contributed by atoms with E-state index in [1.54, 1.807) is 49.4 Å². The SMILES string of the molecule is COCCNc1ncnc2c1cnn2CCNC(=O)COc1ccc(OC)cc1. The highest BCUT2D eigenvalue weighted by molar-refractivity contribution is 5.86. The van der Waals surface area contributed by atoms with Crippen molar-refractivity contribution < 1.29 is 19.0 Å². The van der Waals surface area contributed by atoms with Gasteiger partial charge in [-0.2, -0.15) is 5.10 Å². The van der Waals surface area contributed by atoms with Crippen molar-refractivity contribution in [2.75, 3.05) is 45.8 Å². The number of nitrogens with zero attached hydrogens (tertiary/aromatic N) is 4. The minimum absolute atomic E-state index is 0.0675. The van der Waals surface area contributed by atoms with Gasteiger partial charge in [0.15, 0.2) is 12.3 Å². The Morgan fingerprint density at radius 2 is 1.90 bits per heavy atom. The lowest BCUT2D eigenvalue weighted by atomic mass is 10.3. The Balaban J connectivity index is 1.47. The number of carbonyl (C=O) groups is 1. The summed E-state index contributed by atoms with van der Waals surface area (Å²) < 4.78 is 17.3. The highest BCUT2D eigenvalue weighted by Gasteiger charge is 2.10. The Bertz CT molecular complexity index is 928. The number of amides is 1. The molecule has 0 saturated carbocycles. The van der Waals surface area contributed by atoms with Crippen LogP contribution in [0.2, 0.25) is 0 Å². The molecule has 3 rings (SSSR count). The maximum absolute atomic E-state index is 12.0. The van der Waals surface area contributed by atoms with E-state index in [2.05, 4.69) is 25.7 Å². The van der Waals surface area contributed by atoms with Crippen molar-refractivity contribution in [3.63, 3.8) is 0 Å². The molecule has 2 aromatic heterocycles. The molecule has 0 fully saturated rings. The molecule has 0 spiro atoms. The van der Waals surface area contributed by atoms with Crippen LogP contribution in [0.25, 0.3) is 11.0 Å². The third kappa shape index (κ3) is 5.55. The third-order valence-electron chi connectivity index (χ3n) is 4.11. The second-order valence-corrected chi connectivity index (χ2v) is 6.06. The van der Waals surface area contributed by atoms with E-state index in [4.69, 9.17) is 14.2 Å². The summed E-state index contributed by atoms with van der Waals surface area (Å²) >= 11 is 0. The predicted octanol–water partition coefficient (Wildman–Crippen LogP) is 1.09. The van der Waals surface area contributed by atoms with E-state index >= 15 is 0 Å². The molecule has 0 unspecified atom stereocenters. The Hall–Kier alpha value is -3.40. The fraction of sp³-hybridized carbons (Fsp3) is 0.368. The van der Waals surface area contributed by atoms with Crippen LogP contribution in [-0.4, -0.2) is 66.2 Å². The number of anilines is 1. The van der Waals surface area contributed by atoms with Gasteiger partial charge in [-0.3, -0.25) is 4.79 Å². The van der Waals surface area contributed by atoms with E-state index in [1.165, 1.54) is 6.33 Å². The number of hydrogen-bond acceptors (Lipinski definition) is 8. The molecular weight excluding hydrogens is 376 g/mol. The number of aromatic nitrogens is 4. The van der Waals surface area contributed by atoms with Crippen LogP contribution in [0.5, 0.6) is 11.5 Å². The average Bonchev–Trinajstić information content (AvgIpc) is 3.17. The molecule has 29 heavy (non-hydrogen) atoms. The number of nitrogens with one attached hydrogen (secondary N) is 2. The first-order chi connectivity index (χ1) is 14.2. The van der Waals surface area contributed by atoms with Gasteiger partial charge in [0.25, 0.3) is 5.91 Å². The van der Waals surface area contributed by atoms with Gasteiger partial charge in [-0.25, -0.2) is 14.6 Å². The third-order valence-corrected chi connectivity index (χ3v) is 4.11. The van der Waals surface area contributed by atoms with Crippen LogP contribution in [0.15, 0.2) is 36.8 Å². The standard InChI is InChI=1S/C19H24N6O4/c1-27-10-8-21-18-16-11-24-25(19(16)23-13-22-18)9-7-20-17(26)12-29-15-5-3-14(28-2)4-6-15/h3-6,11,13H,7-10,12H2,1-2H3,(H,20,26)(H,21,22,23). The van der Waals surface area contributed by atoms with Crippen molar-refractivity contribution in [2.45, 2.75) is 6.54 Å². The smallest absolute Gasteiger partial charge is 0.258 e. The quantitative estimate of drug-likeness (QED) is 0.460. The first-order valence-electron chi connectivity index (χ1n) is 9.14. The molecule has 0 aliphatic carbocycles. The first-order valence-corrected chi connectivity index (χ1v) is 9.14. The van der Waals surface area contributed by atoms with Crippen LogP contribution in [0.1, 0.15) is 0 Å². The van der Waals surface area contributed by atoms with Gasteiger partial charge in [0, 0.05) is 20.2 Å². The molecule has 1 amide bonds. The number of carbonyl (C=O) groups excluding carboxylic acids is 1. The molecule has 0 bridgehead atoms. The van der Waals surface area contributed by atoms with Crippen molar-refractivity contribution in [1.29, 1.82) is 0 Å². The summed E-state index contributed by atoms with van der Waals surface area (Å²) in [6, 6.07) is 7.05. The van der Waals surface area contributed by atoms with Gasteiger partial charge in [0.1, 0.15) is 23.6 Å². The van der Waals surface area contributed by atoms with Gasteiger partial charge in [0.2, 0.25) is 0 Å². The lowest BCUT2D eigenvalue weighted by Gasteiger charge is -2.09. The first kappa shape index (κ1) is 20.3. The Kier molecular flexibility index (Phi) is 7.17. The van der Waals surface area contributed by atoms with E-state index in [1.807, 2.05) is 0 Å². The van der Waals surface area contributed by atoms with Crippen LogP contribution in [0, 0.1) is 0 Å². The number of methoxy groups -OCH3 is 2. The molecule has 0 saturated heterocycles. The van der Waals surface area contributed by atoms with Crippen molar-refractivity contribution in [3.05, 3.63) is 36.8 Å². The van der Waals surface area contributed by atoms with Crippen molar-refractivity contribution in [1.82, 2.24) is 25.1 Å². The Morgan fingerprint density at radius 3 is 2.66 bits per heavy atom. The van der Waals surface area contributed by atoms with Gasteiger partial charge in [-0.05, 0) is 24.3 Å². The number of ether oxygens (including phenoxy) is 3. The molecule has 10 nitrogen and oxygen atoms in total. The number of rotatable bonds is 11. The molecule has 2 N–H and O–H groups in total. The fourth-order valence-electron chi connectivity index (χ4n) is 2.64. The van der Waals surface area contributed by atoms with E-state index < -0.39 is 0 Å².